The summed E-state index contributed by atoms with van der Waals surface area (Å²) in [5, 5.41) is 0. The molecule has 0 aromatic rings. The monoisotopic (exact) mass is 881 g/mol. The third-order valence-corrected chi connectivity index (χ3v) is 9.76. The second-order valence-corrected chi connectivity index (χ2v) is 15.8. The topological polar surface area (TPSA) is 78.9 Å². The number of ether oxygens (including phenoxy) is 3. The third kappa shape index (κ3) is 48.3. The van der Waals surface area contributed by atoms with Crippen molar-refractivity contribution in [2.45, 2.75) is 187 Å². The average molecular weight is 881 g/mol. The van der Waals surface area contributed by atoms with E-state index in [1.807, 2.05) is 48.6 Å². The highest BCUT2D eigenvalue weighted by atomic mass is 16.6. The molecule has 0 spiro atoms. The molecule has 0 aromatic heterocycles. The number of carbonyl (C=O) groups is 3. The van der Waals surface area contributed by atoms with Gasteiger partial charge in [-0.05, 0) is 96.3 Å². The van der Waals surface area contributed by atoms with Crippen molar-refractivity contribution in [3.8, 4) is 0 Å². The van der Waals surface area contributed by atoms with Crippen LogP contribution in [0.5, 0.6) is 0 Å². The molecular formula is C58H88O6. The Hall–Kier alpha value is -4.71. The average Bonchev–Trinajstić information content (AvgIpc) is 3.29. The molecule has 6 nitrogen and oxygen atoms in total. The Balaban J connectivity index is 4.58. The second kappa shape index (κ2) is 50.9. The maximum Gasteiger partial charge on any atom is 0.306 e. The molecule has 0 saturated carbocycles. The Morgan fingerprint density at radius 3 is 1.08 bits per heavy atom. The molecule has 0 heterocycles. The van der Waals surface area contributed by atoms with E-state index in [0.717, 1.165) is 116 Å². The molecule has 1 unspecified atom stereocenters. The summed E-state index contributed by atoms with van der Waals surface area (Å²) in [6, 6.07) is 0. The minimum atomic E-state index is -0.825. The predicted octanol–water partition coefficient (Wildman–Crippen LogP) is 16.5. The molecule has 0 amide bonds. The molecule has 0 radical (unpaired) electrons. The van der Waals surface area contributed by atoms with Crippen molar-refractivity contribution in [1.82, 2.24) is 0 Å². The van der Waals surface area contributed by atoms with Gasteiger partial charge < -0.3 is 14.2 Å². The van der Waals surface area contributed by atoms with E-state index in [1.165, 1.54) is 19.3 Å². The molecule has 64 heavy (non-hydrogen) atoms. The van der Waals surface area contributed by atoms with Crippen molar-refractivity contribution in [1.29, 1.82) is 0 Å². The van der Waals surface area contributed by atoms with Gasteiger partial charge in [-0.1, -0.05) is 212 Å². The molecule has 0 N–H and O–H groups in total. The highest BCUT2D eigenvalue weighted by Crippen LogP contribution is 2.12. The lowest BCUT2D eigenvalue weighted by molar-refractivity contribution is -0.167. The molecular weight excluding hydrogens is 793 g/mol. The van der Waals surface area contributed by atoms with Gasteiger partial charge in [-0.3, -0.25) is 14.4 Å². The summed E-state index contributed by atoms with van der Waals surface area (Å²) in [5.74, 6) is -1.02. The lowest BCUT2D eigenvalue weighted by Gasteiger charge is -2.18. The molecule has 0 saturated heterocycles. The normalized spacial score (nSPS) is 13.4. The molecule has 0 rings (SSSR count). The van der Waals surface area contributed by atoms with Gasteiger partial charge in [0.05, 0.1) is 0 Å². The first-order valence-corrected chi connectivity index (χ1v) is 24.9. The summed E-state index contributed by atoms with van der Waals surface area (Å²) in [5.41, 5.74) is 0. The number of hydrogen-bond donors (Lipinski definition) is 0. The van der Waals surface area contributed by atoms with Crippen LogP contribution in [0, 0.1) is 0 Å². The number of unbranched alkanes of at least 4 members (excludes halogenated alkanes) is 13. The van der Waals surface area contributed by atoms with Crippen molar-refractivity contribution < 1.29 is 28.6 Å². The van der Waals surface area contributed by atoms with Gasteiger partial charge in [0, 0.05) is 19.3 Å². The standard InChI is InChI=1S/C58H88O6/c1-4-7-10-13-16-19-22-25-28-31-33-36-39-42-45-48-51-57(60)63-54-55(64-58(61)52-49-46-43-40-37-34-30-27-24-21-18-15-12-9-6-3)53-62-56(59)50-47-44-41-38-35-32-29-26-23-20-17-14-11-8-5-2/h7-12,14-21,23-25,27-28,30,33-34,36-37,55H,4-6,13,22,26,29,31-32,35,38-54H2,1-3H3/b10-7-,11-8-,12-9-,17-14-,18-15-,19-16-,23-20-,24-21-,28-25-,30-27-,36-33-,37-34-. The molecule has 1 atom stereocenters. The van der Waals surface area contributed by atoms with E-state index in [4.69, 9.17) is 14.2 Å². The fourth-order valence-electron chi connectivity index (χ4n) is 6.10. The molecule has 0 aliphatic rings. The van der Waals surface area contributed by atoms with Crippen molar-refractivity contribution in [2.75, 3.05) is 13.2 Å². The maximum absolute atomic E-state index is 12.8. The summed E-state index contributed by atoms with van der Waals surface area (Å²) >= 11 is 0. The van der Waals surface area contributed by atoms with E-state index in [9.17, 15) is 14.4 Å². The summed E-state index contributed by atoms with van der Waals surface area (Å²) in [4.78, 5) is 38.0. The van der Waals surface area contributed by atoms with Crippen LogP contribution >= 0.6 is 0 Å². The number of carbonyl (C=O) groups excluding carboxylic acids is 3. The van der Waals surface area contributed by atoms with Gasteiger partial charge in [0.25, 0.3) is 0 Å². The first kappa shape index (κ1) is 59.3. The zero-order valence-corrected chi connectivity index (χ0v) is 40.5. The molecule has 6 heteroatoms. The summed E-state index contributed by atoms with van der Waals surface area (Å²) in [6.07, 6.45) is 72.5. The molecule has 0 bridgehead atoms. The van der Waals surface area contributed by atoms with E-state index in [1.54, 1.807) is 0 Å². The highest BCUT2D eigenvalue weighted by Gasteiger charge is 2.19. The van der Waals surface area contributed by atoms with Crippen LogP contribution in [0.25, 0.3) is 0 Å². The lowest BCUT2D eigenvalue weighted by atomic mass is 10.1. The van der Waals surface area contributed by atoms with Gasteiger partial charge in [0.2, 0.25) is 0 Å². The van der Waals surface area contributed by atoms with Gasteiger partial charge in [-0.25, -0.2) is 0 Å². The summed E-state index contributed by atoms with van der Waals surface area (Å²) < 4.78 is 16.7. The lowest BCUT2D eigenvalue weighted by Crippen LogP contribution is -2.30. The van der Waals surface area contributed by atoms with Crippen LogP contribution in [0.1, 0.15) is 181 Å². The zero-order chi connectivity index (χ0) is 46.5. The first-order chi connectivity index (χ1) is 31.5. The fraction of sp³-hybridized carbons (Fsp3) is 0.534. The Kier molecular flexibility index (Phi) is 47.2. The van der Waals surface area contributed by atoms with Crippen molar-refractivity contribution in [2.24, 2.45) is 0 Å². The van der Waals surface area contributed by atoms with Gasteiger partial charge in [0.1, 0.15) is 13.2 Å². The number of esters is 3. The first-order valence-electron chi connectivity index (χ1n) is 24.9. The number of hydrogen-bond acceptors (Lipinski definition) is 6. The van der Waals surface area contributed by atoms with Crippen LogP contribution in [0.4, 0.5) is 0 Å². The largest absolute Gasteiger partial charge is 0.462 e. The molecule has 0 aliphatic carbocycles. The van der Waals surface area contributed by atoms with E-state index >= 15 is 0 Å². The third-order valence-electron chi connectivity index (χ3n) is 9.76. The van der Waals surface area contributed by atoms with Crippen LogP contribution in [-0.4, -0.2) is 37.2 Å². The van der Waals surface area contributed by atoms with E-state index in [2.05, 4.69) is 118 Å². The van der Waals surface area contributed by atoms with Crippen LogP contribution in [-0.2, 0) is 28.6 Å². The molecule has 356 valence electrons. The van der Waals surface area contributed by atoms with Crippen molar-refractivity contribution in [3.63, 3.8) is 0 Å². The van der Waals surface area contributed by atoms with Gasteiger partial charge in [0.15, 0.2) is 6.10 Å². The smallest absolute Gasteiger partial charge is 0.306 e. The van der Waals surface area contributed by atoms with Crippen LogP contribution in [0.3, 0.4) is 0 Å². The minimum absolute atomic E-state index is 0.119. The Bertz CT molecular complexity index is 1480. The Morgan fingerprint density at radius 1 is 0.328 bits per heavy atom. The summed E-state index contributed by atoms with van der Waals surface area (Å²) in [7, 11) is 0. The second-order valence-electron chi connectivity index (χ2n) is 15.8. The Morgan fingerprint density at radius 2 is 0.641 bits per heavy atom. The van der Waals surface area contributed by atoms with Gasteiger partial charge in [-0.15, -0.1) is 0 Å². The van der Waals surface area contributed by atoms with E-state index in [-0.39, 0.29) is 37.5 Å². The predicted molar refractivity (Wildman–Crippen MR) is 274 cm³/mol. The molecule has 0 aromatic carbocycles. The van der Waals surface area contributed by atoms with E-state index in [0.29, 0.717) is 19.3 Å². The minimum Gasteiger partial charge on any atom is -0.462 e. The van der Waals surface area contributed by atoms with E-state index < -0.39 is 6.10 Å². The highest BCUT2D eigenvalue weighted by molar-refractivity contribution is 5.71. The molecule has 0 aliphatic heterocycles. The van der Waals surface area contributed by atoms with Crippen molar-refractivity contribution >= 4 is 17.9 Å². The van der Waals surface area contributed by atoms with Crippen LogP contribution in [0.15, 0.2) is 146 Å². The van der Waals surface area contributed by atoms with Crippen molar-refractivity contribution in [3.05, 3.63) is 146 Å². The zero-order valence-electron chi connectivity index (χ0n) is 40.5. The number of rotatable bonds is 42. The molecule has 0 fully saturated rings. The quantitative estimate of drug-likeness (QED) is 0.0200. The van der Waals surface area contributed by atoms with Gasteiger partial charge in [-0.2, -0.15) is 0 Å². The maximum atomic E-state index is 12.8. The fourth-order valence-corrected chi connectivity index (χ4v) is 6.10. The SMILES string of the molecule is CC\C=C/C=C\C=C/C=C\C=C/CCCCCC(=O)OC(COC(=O)CCCCC/C=C\C/C=C\C/C=C\C/C=C\CC)COC(=O)CCCCCCCCC\C=C/C=C\C=C/CC. The van der Waals surface area contributed by atoms with Gasteiger partial charge >= 0.3 is 17.9 Å². The van der Waals surface area contributed by atoms with Crippen LogP contribution < -0.4 is 0 Å². The summed E-state index contributed by atoms with van der Waals surface area (Å²) in [6.45, 7) is 6.15. The van der Waals surface area contributed by atoms with Crippen LogP contribution in [0.2, 0.25) is 0 Å². The Labute approximate surface area is 391 Å². The number of allylic oxidation sites excluding steroid dienone is 24.